The van der Waals surface area contributed by atoms with Gasteiger partial charge in [-0.05, 0) is 30.0 Å². The number of hydrogen-bond donors (Lipinski definition) is 0. The predicted molar refractivity (Wildman–Crippen MR) is 95.9 cm³/mol. The van der Waals surface area contributed by atoms with E-state index in [1.807, 2.05) is 31.2 Å². The Morgan fingerprint density at radius 3 is 2.64 bits per heavy atom. The topological polar surface area (TPSA) is 73.1 Å². The number of amides is 3. The van der Waals surface area contributed by atoms with Crippen molar-refractivity contribution in [1.29, 1.82) is 0 Å². The zero-order valence-electron chi connectivity index (χ0n) is 14.2. The van der Waals surface area contributed by atoms with Crippen LogP contribution in [0.3, 0.4) is 0 Å². The van der Waals surface area contributed by atoms with Gasteiger partial charge in [0.2, 0.25) is 0 Å². The quantitative estimate of drug-likeness (QED) is 0.562. The van der Waals surface area contributed by atoms with Crippen LogP contribution in [-0.4, -0.2) is 62.3 Å². The fraction of sp³-hybridized carbons (Fsp3) is 0.353. The fourth-order valence-electron chi connectivity index (χ4n) is 2.99. The van der Waals surface area contributed by atoms with Gasteiger partial charge in [0, 0.05) is 7.05 Å². The predicted octanol–water partition coefficient (Wildman–Crippen LogP) is 1.52. The molecule has 1 aromatic carbocycles. The normalized spacial score (nSPS) is 20.2. The maximum Gasteiger partial charge on any atom is 0.365 e. The Morgan fingerprint density at radius 2 is 2.00 bits per heavy atom. The van der Waals surface area contributed by atoms with Gasteiger partial charge < -0.3 is 0 Å². The minimum Gasteiger partial charge on any atom is -0.296 e. The van der Waals surface area contributed by atoms with Gasteiger partial charge in [0.15, 0.2) is 5.78 Å². The highest BCUT2D eigenvalue weighted by molar-refractivity contribution is 9.18. The standard InChI is InChI=1S/C17H18BrN4O3/c1-10-6-4-5-7-12(10)9-22-15(24)13-14(20(3)17(22)25)19-16(18)21(13)8-11(2)23/h4-7,13H,8-9H2,1-3H3/q+1. The zero-order valence-corrected chi connectivity index (χ0v) is 15.8. The number of Topliss-reactive ketones (excluding diaryl/α,β-unsaturated/α-hetero) is 1. The first-order valence-electron chi connectivity index (χ1n) is 7.82. The number of halogens is 1. The minimum atomic E-state index is -0.773. The summed E-state index contributed by atoms with van der Waals surface area (Å²) in [5.74, 6) is -0.129. The van der Waals surface area contributed by atoms with Gasteiger partial charge in [-0.25, -0.2) is 9.37 Å². The molecule has 0 radical (unpaired) electrons. The van der Waals surface area contributed by atoms with Crippen LogP contribution in [0, 0.1) is 6.92 Å². The molecule has 8 heteroatoms. The molecule has 1 aromatic rings. The third-order valence-electron chi connectivity index (χ3n) is 4.34. The number of rotatable bonds is 4. The Balaban J connectivity index is 1.96. The van der Waals surface area contributed by atoms with E-state index in [0.717, 1.165) is 11.1 Å². The van der Waals surface area contributed by atoms with E-state index >= 15 is 0 Å². The molecule has 2 heterocycles. The molecule has 0 aromatic heterocycles. The van der Waals surface area contributed by atoms with Gasteiger partial charge in [0.25, 0.3) is 17.8 Å². The number of imide groups is 1. The van der Waals surface area contributed by atoms with Crippen molar-refractivity contribution in [3.05, 3.63) is 35.4 Å². The second-order valence-electron chi connectivity index (χ2n) is 6.16. The average Bonchev–Trinajstić information content (AvgIpc) is 2.87. The lowest BCUT2D eigenvalue weighted by Crippen LogP contribution is -2.62. The molecule has 2 aliphatic rings. The molecule has 1 atom stereocenters. The van der Waals surface area contributed by atoms with Crippen molar-refractivity contribution in [3.8, 4) is 0 Å². The summed E-state index contributed by atoms with van der Waals surface area (Å²) in [5, 5.41) is 0. The molecule has 1 fully saturated rings. The van der Waals surface area contributed by atoms with E-state index in [1.165, 1.54) is 16.7 Å². The number of amidine groups is 2. The van der Waals surface area contributed by atoms with Crippen molar-refractivity contribution < 1.29 is 19.0 Å². The number of urea groups is 1. The van der Waals surface area contributed by atoms with Crippen LogP contribution in [0.4, 0.5) is 4.79 Å². The van der Waals surface area contributed by atoms with Crippen LogP contribution < -0.4 is 0 Å². The number of likely N-dealkylation sites (N-methyl/N-ethyl adjacent to an activating group) is 1. The Kier molecular flexibility index (Phi) is 4.55. The second-order valence-corrected chi connectivity index (χ2v) is 6.87. The molecule has 0 spiro atoms. The van der Waals surface area contributed by atoms with Gasteiger partial charge in [-0.15, -0.1) is 0 Å². The third kappa shape index (κ3) is 3.02. The van der Waals surface area contributed by atoms with Crippen LogP contribution in [0.1, 0.15) is 18.1 Å². The highest BCUT2D eigenvalue weighted by Gasteiger charge is 2.53. The summed E-state index contributed by atoms with van der Waals surface area (Å²) >= 11 is 3.29. The maximum atomic E-state index is 13.0. The van der Waals surface area contributed by atoms with Crippen LogP contribution in [0.25, 0.3) is 0 Å². The smallest absolute Gasteiger partial charge is 0.296 e. The van der Waals surface area contributed by atoms with Crippen LogP contribution in [-0.2, 0) is 16.1 Å². The summed E-state index contributed by atoms with van der Waals surface area (Å²) in [7, 11) is 1.59. The van der Waals surface area contributed by atoms with E-state index in [-0.39, 0.29) is 24.8 Å². The molecule has 7 nitrogen and oxygen atoms in total. The molecule has 3 amide bonds. The first kappa shape index (κ1) is 17.5. The summed E-state index contributed by atoms with van der Waals surface area (Å²) in [4.78, 5) is 44.1. The monoisotopic (exact) mass is 405 g/mol. The Labute approximate surface area is 153 Å². The summed E-state index contributed by atoms with van der Waals surface area (Å²) in [6.45, 7) is 3.62. The third-order valence-corrected chi connectivity index (χ3v) is 4.98. The highest BCUT2D eigenvalue weighted by atomic mass is 79.9. The number of fused-ring (bicyclic) bond motifs is 1. The van der Waals surface area contributed by atoms with E-state index in [0.29, 0.717) is 10.6 Å². The molecular weight excluding hydrogens is 388 g/mol. The van der Waals surface area contributed by atoms with E-state index in [2.05, 4.69) is 20.9 Å². The number of hydrogen-bond acceptors (Lipinski definition) is 4. The van der Waals surface area contributed by atoms with Crippen molar-refractivity contribution in [2.45, 2.75) is 26.4 Å². The largest absolute Gasteiger partial charge is 0.365 e. The molecule has 130 valence electrons. The molecule has 2 aliphatic heterocycles. The SMILES string of the molecule is CC(=O)C[N+]1=C(Br)N=C2C1C(=O)N(Cc1ccccc1C)C(=O)N2C. The molecule has 0 bridgehead atoms. The summed E-state index contributed by atoms with van der Waals surface area (Å²) in [6.07, 6.45) is 0. The lowest BCUT2D eigenvalue weighted by Gasteiger charge is -2.33. The van der Waals surface area contributed by atoms with Gasteiger partial charge in [0.05, 0.1) is 22.5 Å². The summed E-state index contributed by atoms with van der Waals surface area (Å²) in [5.41, 5.74) is 1.90. The van der Waals surface area contributed by atoms with Crippen LogP contribution in [0.15, 0.2) is 29.3 Å². The number of nitrogens with zero attached hydrogens (tertiary/aromatic N) is 4. The van der Waals surface area contributed by atoms with Crippen molar-refractivity contribution in [2.24, 2.45) is 4.99 Å². The van der Waals surface area contributed by atoms with Crippen molar-refractivity contribution in [2.75, 3.05) is 13.6 Å². The second kappa shape index (κ2) is 6.51. The van der Waals surface area contributed by atoms with Gasteiger partial charge in [-0.1, -0.05) is 24.3 Å². The Morgan fingerprint density at radius 1 is 1.32 bits per heavy atom. The lowest BCUT2D eigenvalue weighted by molar-refractivity contribution is -0.521. The van der Waals surface area contributed by atoms with Gasteiger partial charge in [-0.3, -0.25) is 19.4 Å². The van der Waals surface area contributed by atoms with Crippen molar-refractivity contribution in [3.63, 3.8) is 0 Å². The molecule has 3 rings (SSSR count). The Hall–Kier alpha value is -2.35. The van der Waals surface area contributed by atoms with Crippen LogP contribution in [0.5, 0.6) is 0 Å². The maximum absolute atomic E-state index is 13.0. The molecular formula is C17H18BrN4O3+. The van der Waals surface area contributed by atoms with E-state index in [1.54, 1.807) is 11.6 Å². The number of ketones is 1. The first-order chi connectivity index (χ1) is 11.8. The number of aryl methyl sites for hydroxylation is 1. The number of benzene rings is 1. The number of carbonyl (C=O) groups excluding carboxylic acids is 3. The molecule has 0 N–H and O–H groups in total. The Bertz CT molecular complexity index is 846. The van der Waals surface area contributed by atoms with E-state index in [9.17, 15) is 14.4 Å². The van der Waals surface area contributed by atoms with E-state index in [4.69, 9.17) is 0 Å². The first-order valence-corrected chi connectivity index (χ1v) is 8.61. The lowest BCUT2D eigenvalue weighted by atomic mass is 10.1. The van der Waals surface area contributed by atoms with Crippen LogP contribution in [0.2, 0.25) is 0 Å². The minimum absolute atomic E-state index is 0.0459. The van der Waals surface area contributed by atoms with Crippen LogP contribution >= 0.6 is 15.9 Å². The summed E-state index contributed by atoms with van der Waals surface area (Å²) in [6, 6.07) is 6.42. The number of carbonyl (C=O) groups is 3. The molecule has 1 unspecified atom stereocenters. The average molecular weight is 406 g/mol. The van der Waals surface area contributed by atoms with Crippen molar-refractivity contribution >= 4 is 44.2 Å². The van der Waals surface area contributed by atoms with Crippen molar-refractivity contribution in [1.82, 2.24) is 9.80 Å². The van der Waals surface area contributed by atoms with Gasteiger partial charge in [0.1, 0.15) is 6.54 Å². The molecule has 0 aliphatic carbocycles. The molecule has 25 heavy (non-hydrogen) atoms. The molecule has 0 saturated carbocycles. The highest BCUT2D eigenvalue weighted by Crippen LogP contribution is 2.23. The summed E-state index contributed by atoms with van der Waals surface area (Å²) < 4.78 is 1.96. The number of aliphatic imine (C=N–C) groups is 1. The zero-order chi connectivity index (χ0) is 18.3. The van der Waals surface area contributed by atoms with Gasteiger partial charge in [-0.2, -0.15) is 0 Å². The fourth-order valence-corrected chi connectivity index (χ4v) is 3.50. The molecule has 1 saturated heterocycles. The van der Waals surface area contributed by atoms with Gasteiger partial charge >= 0.3 is 10.8 Å². The van der Waals surface area contributed by atoms with E-state index < -0.39 is 12.1 Å².